The molecule has 1 aromatic heterocycles. The van der Waals surface area contributed by atoms with E-state index in [1.54, 1.807) is 0 Å². The Morgan fingerprint density at radius 1 is 1.58 bits per heavy atom. The molecule has 0 radical (unpaired) electrons. The lowest BCUT2D eigenvalue weighted by molar-refractivity contribution is 0.270. The van der Waals surface area contributed by atoms with Crippen molar-refractivity contribution in [2.45, 2.75) is 18.9 Å². The minimum absolute atomic E-state index is 0.158. The van der Waals surface area contributed by atoms with Gasteiger partial charge in [0, 0.05) is 0 Å². The molecule has 0 amide bonds. The zero-order valence-corrected chi connectivity index (χ0v) is 7.03. The van der Waals surface area contributed by atoms with Crippen LogP contribution >= 0.6 is 0 Å². The molecule has 2 rings (SSSR count). The van der Waals surface area contributed by atoms with E-state index in [1.807, 2.05) is 0 Å². The van der Waals surface area contributed by atoms with Gasteiger partial charge in [-0.2, -0.15) is 0 Å². The van der Waals surface area contributed by atoms with E-state index >= 15 is 0 Å². The summed E-state index contributed by atoms with van der Waals surface area (Å²) >= 11 is 0. The summed E-state index contributed by atoms with van der Waals surface area (Å²) in [4.78, 5) is 2.20. The number of nitrogen functional groups attached to an aromatic ring is 1. The number of nitrogens with zero attached hydrogens (tertiary/aromatic N) is 3. The van der Waals surface area contributed by atoms with Crippen LogP contribution < -0.4 is 5.73 Å². The second-order valence-corrected chi connectivity index (χ2v) is 3.12. The average molecular weight is 168 g/mol. The first-order valence-electron chi connectivity index (χ1n) is 4.06. The maximum atomic E-state index is 5.33. The van der Waals surface area contributed by atoms with E-state index in [1.165, 1.54) is 6.42 Å². The number of rotatable bonds is 1. The predicted molar refractivity (Wildman–Crippen MR) is 43.3 cm³/mol. The van der Waals surface area contributed by atoms with Gasteiger partial charge in [0.1, 0.15) is 0 Å². The van der Waals surface area contributed by atoms with Gasteiger partial charge in [-0.1, -0.05) is 5.10 Å². The number of nitrogens with two attached hydrogens (primary N) is 1. The fourth-order valence-corrected chi connectivity index (χ4v) is 1.60. The summed E-state index contributed by atoms with van der Waals surface area (Å²) in [5, 5.41) is 7.49. The molecular formula is C7H12N4O. The molecule has 0 aliphatic carbocycles. The number of hydrogen-bond acceptors (Lipinski definition) is 5. The first-order chi connectivity index (χ1) is 5.77. The largest absolute Gasteiger partial charge is 0.407 e. The summed E-state index contributed by atoms with van der Waals surface area (Å²) in [5.41, 5.74) is 5.33. The van der Waals surface area contributed by atoms with Crippen LogP contribution in [0.4, 0.5) is 6.01 Å². The molecular weight excluding hydrogens is 156 g/mol. The van der Waals surface area contributed by atoms with Crippen molar-refractivity contribution in [3.05, 3.63) is 5.89 Å². The fourth-order valence-electron chi connectivity index (χ4n) is 1.60. The molecule has 5 nitrogen and oxygen atoms in total. The van der Waals surface area contributed by atoms with Gasteiger partial charge in [0.05, 0.1) is 6.04 Å². The third kappa shape index (κ3) is 1.16. The maximum absolute atomic E-state index is 5.33. The van der Waals surface area contributed by atoms with Crippen LogP contribution in [-0.4, -0.2) is 28.7 Å². The van der Waals surface area contributed by atoms with Gasteiger partial charge in [0.25, 0.3) is 0 Å². The monoisotopic (exact) mass is 168 g/mol. The molecule has 1 unspecified atom stereocenters. The van der Waals surface area contributed by atoms with E-state index in [2.05, 4.69) is 22.1 Å². The minimum atomic E-state index is 0.158. The van der Waals surface area contributed by atoms with Gasteiger partial charge in [0.2, 0.25) is 5.89 Å². The van der Waals surface area contributed by atoms with Gasteiger partial charge in [-0.25, -0.2) is 0 Å². The second kappa shape index (κ2) is 2.75. The molecule has 66 valence electrons. The highest BCUT2D eigenvalue weighted by Gasteiger charge is 2.27. The Balaban J connectivity index is 2.19. The summed E-state index contributed by atoms with van der Waals surface area (Å²) in [5.74, 6) is 0.646. The molecule has 2 heterocycles. The van der Waals surface area contributed by atoms with Gasteiger partial charge in [-0.05, 0) is 26.4 Å². The highest BCUT2D eigenvalue weighted by atomic mass is 16.4. The van der Waals surface area contributed by atoms with Crippen molar-refractivity contribution < 1.29 is 4.42 Å². The highest BCUT2D eigenvalue weighted by Crippen LogP contribution is 2.29. The zero-order valence-electron chi connectivity index (χ0n) is 7.03. The maximum Gasteiger partial charge on any atom is 0.312 e. The summed E-state index contributed by atoms with van der Waals surface area (Å²) in [6.45, 7) is 1.09. The second-order valence-electron chi connectivity index (χ2n) is 3.12. The number of hydrogen-bond donors (Lipinski definition) is 1. The molecule has 1 atom stereocenters. The van der Waals surface area contributed by atoms with E-state index < -0.39 is 0 Å². The molecule has 0 spiro atoms. The quantitative estimate of drug-likeness (QED) is 0.658. The molecule has 1 aliphatic rings. The van der Waals surface area contributed by atoms with Crippen molar-refractivity contribution in [1.29, 1.82) is 0 Å². The Morgan fingerprint density at radius 3 is 2.92 bits per heavy atom. The molecule has 1 fully saturated rings. The lowest BCUT2D eigenvalue weighted by Gasteiger charge is -2.14. The normalized spacial score (nSPS) is 24.9. The van der Waals surface area contributed by atoms with Gasteiger partial charge in [-0.15, -0.1) is 5.10 Å². The lowest BCUT2D eigenvalue weighted by Crippen LogP contribution is -2.17. The molecule has 0 bridgehead atoms. The first-order valence-corrected chi connectivity index (χ1v) is 4.06. The van der Waals surface area contributed by atoms with Crippen molar-refractivity contribution in [2.75, 3.05) is 19.3 Å². The standard InChI is InChI=1S/C7H12N4O/c1-11-4-2-3-5(11)6-9-10-7(8)12-6/h5H,2-4H2,1H3,(H2,8,10). The Labute approximate surface area is 70.6 Å². The van der Waals surface area contributed by atoms with Crippen molar-refractivity contribution in [2.24, 2.45) is 0 Å². The molecule has 5 heteroatoms. The van der Waals surface area contributed by atoms with Crippen molar-refractivity contribution >= 4 is 6.01 Å². The first kappa shape index (κ1) is 7.54. The molecule has 0 saturated carbocycles. The minimum Gasteiger partial charge on any atom is -0.407 e. The van der Waals surface area contributed by atoms with E-state index in [0.717, 1.165) is 13.0 Å². The molecule has 1 saturated heterocycles. The highest BCUT2D eigenvalue weighted by molar-refractivity contribution is 5.07. The van der Waals surface area contributed by atoms with Crippen LogP contribution in [0.1, 0.15) is 24.8 Å². The Kier molecular flexibility index (Phi) is 1.73. The van der Waals surface area contributed by atoms with E-state index in [9.17, 15) is 0 Å². The van der Waals surface area contributed by atoms with Crippen LogP contribution in [0.15, 0.2) is 4.42 Å². The van der Waals surface area contributed by atoms with Crippen LogP contribution in [0, 0.1) is 0 Å². The fraction of sp³-hybridized carbons (Fsp3) is 0.714. The topological polar surface area (TPSA) is 68.2 Å². The summed E-state index contributed by atoms with van der Waals surface area (Å²) in [6.07, 6.45) is 2.27. The van der Waals surface area contributed by atoms with Crippen LogP contribution in [0.2, 0.25) is 0 Å². The van der Waals surface area contributed by atoms with Gasteiger partial charge in [-0.3, -0.25) is 4.90 Å². The molecule has 12 heavy (non-hydrogen) atoms. The Bertz CT molecular complexity index is 272. The van der Waals surface area contributed by atoms with Gasteiger partial charge < -0.3 is 10.2 Å². The molecule has 1 aromatic rings. The van der Waals surface area contributed by atoms with Gasteiger partial charge in [0.15, 0.2) is 0 Å². The Hall–Kier alpha value is -1.10. The van der Waals surface area contributed by atoms with Crippen molar-refractivity contribution in [3.8, 4) is 0 Å². The van der Waals surface area contributed by atoms with E-state index in [4.69, 9.17) is 10.2 Å². The van der Waals surface area contributed by atoms with Crippen LogP contribution in [0.5, 0.6) is 0 Å². The SMILES string of the molecule is CN1CCCC1c1nnc(N)o1. The van der Waals surface area contributed by atoms with Crippen molar-refractivity contribution in [3.63, 3.8) is 0 Å². The number of anilines is 1. The lowest BCUT2D eigenvalue weighted by atomic mass is 10.2. The summed E-state index contributed by atoms with van der Waals surface area (Å²) in [6, 6.07) is 0.431. The van der Waals surface area contributed by atoms with Crippen LogP contribution in [-0.2, 0) is 0 Å². The average Bonchev–Trinajstić information content (AvgIpc) is 2.58. The Morgan fingerprint density at radius 2 is 2.42 bits per heavy atom. The summed E-state index contributed by atoms with van der Waals surface area (Å²) in [7, 11) is 2.05. The smallest absolute Gasteiger partial charge is 0.312 e. The third-order valence-corrected chi connectivity index (χ3v) is 2.26. The van der Waals surface area contributed by atoms with E-state index in [-0.39, 0.29) is 12.1 Å². The van der Waals surface area contributed by atoms with E-state index in [0.29, 0.717) is 5.89 Å². The number of aromatic nitrogens is 2. The van der Waals surface area contributed by atoms with Crippen molar-refractivity contribution in [1.82, 2.24) is 15.1 Å². The zero-order chi connectivity index (χ0) is 8.55. The predicted octanol–water partition coefficient (Wildman–Crippen LogP) is 0.418. The number of likely N-dealkylation sites (tertiary alicyclic amines) is 1. The van der Waals surface area contributed by atoms with Gasteiger partial charge >= 0.3 is 6.01 Å². The van der Waals surface area contributed by atoms with Crippen LogP contribution in [0.25, 0.3) is 0 Å². The third-order valence-electron chi connectivity index (χ3n) is 2.26. The molecule has 2 N–H and O–H groups in total. The molecule has 0 aromatic carbocycles. The van der Waals surface area contributed by atoms with Crippen LogP contribution in [0.3, 0.4) is 0 Å². The summed E-state index contributed by atoms with van der Waals surface area (Å²) < 4.78 is 5.15. The molecule has 1 aliphatic heterocycles.